The first kappa shape index (κ1) is 19.7. The average molecular weight is 524 g/mol. The van der Waals surface area contributed by atoms with E-state index in [1.807, 2.05) is 6.92 Å². The third-order valence-corrected chi connectivity index (χ3v) is 7.45. The van der Waals surface area contributed by atoms with E-state index in [9.17, 15) is 19.7 Å². The summed E-state index contributed by atoms with van der Waals surface area (Å²) in [6, 6.07) is -1.97. The molecule has 0 radical (unpaired) electrons. The summed E-state index contributed by atoms with van der Waals surface area (Å²) in [4.78, 5) is 9.18. The van der Waals surface area contributed by atoms with E-state index < -0.39 is 43.3 Å². The summed E-state index contributed by atoms with van der Waals surface area (Å²) in [5.74, 6) is -0.146. The molecule has 0 unspecified atom stereocenters. The lowest BCUT2D eigenvalue weighted by molar-refractivity contribution is -0.0629. The van der Waals surface area contributed by atoms with E-state index in [1.165, 1.54) is 23.4 Å². The molecule has 194 valence electrons. The predicted molar refractivity (Wildman–Crippen MR) is 133 cm³/mol. The second kappa shape index (κ2) is 10.5. The van der Waals surface area contributed by atoms with Gasteiger partial charge in [-0.2, -0.15) is 0 Å². The Hall–Kier alpha value is -2.38. The van der Waals surface area contributed by atoms with Crippen LogP contribution in [0.3, 0.4) is 0 Å². The minimum Gasteiger partial charge on any atom is -0.394 e. The van der Waals surface area contributed by atoms with Crippen LogP contribution in [0.15, 0.2) is 23.3 Å². The van der Waals surface area contributed by atoms with Crippen molar-refractivity contribution in [3.05, 3.63) is 35.1 Å². The van der Waals surface area contributed by atoms with Crippen molar-refractivity contribution in [2.45, 2.75) is 74.6 Å². The first-order valence-corrected chi connectivity index (χ1v) is 12.8. The number of nitrogens with one attached hydrogen (secondary N) is 1. The number of aliphatic hydroxyl groups excluding tert-OH is 3. The van der Waals surface area contributed by atoms with Crippen LogP contribution in [0.4, 0.5) is 10.2 Å². The smallest absolute Gasteiger partial charge is 0.191 e. The van der Waals surface area contributed by atoms with Crippen molar-refractivity contribution in [2.24, 2.45) is 0 Å². The monoisotopic (exact) mass is 523 g/mol. The fraction of sp³-hybridized carbons (Fsp3) is 0.583. The summed E-state index contributed by atoms with van der Waals surface area (Å²) in [6.07, 6.45) is -2.64. The fourth-order valence-electron chi connectivity index (χ4n) is 4.36. The van der Waals surface area contributed by atoms with Crippen LogP contribution in [0, 0.1) is 12.7 Å². The number of thioether (sulfide) groups is 1. The number of aliphatic hydroxyl groups is 3. The van der Waals surface area contributed by atoms with Gasteiger partial charge in [-0.05, 0) is 36.9 Å². The van der Waals surface area contributed by atoms with Crippen molar-refractivity contribution in [3.8, 4) is 0 Å². The van der Waals surface area contributed by atoms with Crippen LogP contribution in [0.25, 0.3) is 11.2 Å². The van der Waals surface area contributed by atoms with Crippen molar-refractivity contribution in [1.82, 2.24) is 25.0 Å². The molecule has 1 aromatic carbocycles. The summed E-state index contributed by atoms with van der Waals surface area (Å²) in [5.41, 5.74) is 0.668. The first-order chi connectivity index (χ1) is 19.4. The van der Waals surface area contributed by atoms with Gasteiger partial charge in [0.25, 0.3) is 0 Å². The second-order valence-corrected chi connectivity index (χ2v) is 10.0. The highest BCUT2D eigenvalue weighted by molar-refractivity contribution is 7.99. The number of hydrogen-bond donors (Lipinski definition) is 4. The molecule has 2 fully saturated rings. The number of nitrogens with zero attached hydrogens (tertiary/aromatic N) is 5. The van der Waals surface area contributed by atoms with Crippen molar-refractivity contribution in [3.63, 3.8) is 0 Å². The number of ether oxygens (including phenoxy) is 1. The molecule has 2 aliphatic carbocycles. The number of fused-ring (bicyclic) bond motifs is 1. The molecule has 4 N–H and O–H groups in total. The summed E-state index contributed by atoms with van der Waals surface area (Å²) in [6.45, 7) is 0.0555. The highest BCUT2D eigenvalue weighted by Crippen LogP contribution is 2.44. The van der Waals surface area contributed by atoms with E-state index in [0.717, 1.165) is 12.2 Å². The number of halogens is 1. The predicted octanol–water partition coefficient (Wildman–Crippen LogP) is 2.18. The molecule has 0 saturated heterocycles. The molecule has 0 aliphatic heterocycles. The van der Waals surface area contributed by atoms with Crippen LogP contribution >= 0.6 is 11.8 Å². The van der Waals surface area contributed by atoms with Crippen molar-refractivity contribution in [1.29, 1.82) is 0 Å². The molecule has 5 rings (SSSR count). The van der Waals surface area contributed by atoms with E-state index in [4.69, 9.17) is 11.6 Å². The third kappa shape index (κ3) is 4.92. The van der Waals surface area contributed by atoms with E-state index in [-0.39, 0.29) is 58.8 Å². The summed E-state index contributed by atoms with van der Waals surface area (Å²) >= 11 is 1.39. The maximum atomic E-state index is 14.6. The topological polar surface area (TPSA) is 138 Å². The molecule has 3 aromatic rings. The fourth-order valence-corrected chi connectivity index (χ4v) is 5.05. The Bertz CT molecular complexity index is 1440. The van der Waals surface area contributed by atoms with Gasteiger partial charge in [-0.3, -0.25) is 0 Å². The normalized spacial score (nSPS) is 30.0. The molecule has 36 heavy (non-hydrogen) atoms. The van der Waals surface area contributed by atoms with Crippen LogP contribution in [0.2, 0.25) is 0 Å². The largest absolute Gasteiger partial charge is 0.394 e. The van der Waals surface area contributed by atoms with Gasteiger partial charge in [0, 0.05) is 24.1 Å². The summed E-state index contributed by atoms with van der Waals surface area (Å²) in [5, 5.41) is 42.6. The number of benzene rings is 1. The van der Waals surface area contributed by atoms with E-state index >= 15 is 0 Å². The zero-order chi connectivity index (χ0) is 29.8. The molecule has 12 heteroatoms. The van der Waals surface area contributed by atoms with Crippen molar-refractivity contribution in [2.75, 3.05) is 24.2 Å². The molecule has 2 heterocycles. The molecular weight excluding hydrogens is 487 g/mol. The SMILES string of the molecule is [2H]c1c([2H])c([C@@H]2C[C@H]2Nc2nc(SCCC)nc3c2nnn3[C@@H]2C[C@H](OC([2H])([2H])CO)[C@@H](O)[C@H]2O)c([2H])c(F)c1C. The molecule has 10 nitrogen and oxygen atoms in total. The van der Waals surface area contributed by atoms with Gasteiger partial charge >= 0.3 is 0 Å². The number of hydrogen-bond acceptors (Lipinski definition) is 10. The number of rotatable bonds is 10. The second-order valence-electron chi connectivity index (χ2n) is 8.97. The van der Waals surface area contributed by atoms with Gasteiger partial charge in [0.1, 0.15) is 18.0 Å². The highest BCUT2D eigenvalue weighted by atomic mass is 32.2. The zero-order valence-electron chi connectivity index (χ0n) is 24.8. The standard InChI is InChI=1S/C24H31FN6O4S/c1-3-8-36-24-27-22(26-16-10-14(16)13-5-4-12(2)15(25)9-13)19-23(28-24)31(30-29-19)17-11-18(35-7-6-32)21(34)20(17)33/h4-5,9,14,16-18,20-21,32-34H,3,6-8,10-11H2,1-2H3,(H,26,27,28)/t14-,16+,17+,18-,20-,21+/m0/s1/i4D,5D,7D2,9D. The molecular formula is C24H31FN6O4S. The lowest BCUT2D eigenvalue weighted by atomic mass is 10.1. The van der Waals surface area contributed by atoms with Gasteiger partial charge < -0.3 is 25.4 Å². The van der Waals surface area contributed by atoms with E-state index in [2.05, 4.69) is 25.6 Å². The maximum Gasteiger partial charge on any atom is 0.191 e. The van der Waals surface area contributed by atoms with Crippen LogP contribution in [-0.4, -0.2) is 83.6 Å². The first-order valence-electron chi connectivity index (χ1n) is 14.3. The van der Waals surface area contributed by atoms with Gasteiger partial charge in [-0.25, -0.2) is 19.0 Å². The molecule has 0 amide bonds. The highest BCUT2D eigenvalue weighted by Gasteiger charge is 2.45. The van der Waals surface area contributed by atoms with E-state index in [1.54, 1.807) is 0 Å². The zero-order valence-corrected chi connectivity index (χ0v) is 20.6. The van der Waals surface area contributed by atoms with Crippen molar-refractivity contribution >= 4 is 28.7 Å². The van der Waals surface area contributed by atoms with Crippen LogP contribution in [-0.2, 0) is 4.74 Å². The Morgan fingerprint density at radius 3 is 2.92 bits per heavy atom. The lowest BCUT2D eigenvalue weighted by Crippen LogP contribution is -2.33. The molecule has 6 atom stereocenters. The molecule has 2 aromatic heterocycles. The van der Waals surface area contributed by atoms with Gasteiger partial charge in [-0.15, -0.1) is 5.10 Å². The molecule has 2 aliphatic rings. The Kier molecular flexibility index (Phi) is 5.77. The number of anilines is 1. The molecule has 2 saturated carbocycles. The lowest BCUT2D eigenvalue weighted by Gasteiger charge is -2.17. The van der Waals surface area contributed by atoms with Crippen LogP contribution in [0.5, 0.6) is 0 Å². The summed E-state index contributed by atoms with van der Waals surface area (Å²) < 4.78 is 61.1. The molecule has 0 spiro atoms. The number of aromatic nitrogens is 5. The van der Waals surface area contributed by atoms with Gasteiger partial charge in [0.2, 0.25) is 0 Å². The minimum atomic E-state index is -2.41. The van der Waals surface area contributed by atoms with E-state index in [0.29, 0.717) is 17.4 Å². The van der Waals surface area contributed by atoms with Crippen LogP contribution < -0.4 is 5.32 Å². The quantitative estimate of drug-likeness (QED) is 0.231. The average Bonchev–Trinajstić information content (AvgIpc) is 3.46. The maximum absolute atomic E-state index is 14.6. The Balaban J connectivity index is 1.46. The summed E-state index contributed by atoms with van der Waals surface area (Å²) in [7, 11) is 0. The van der Waals surface area contributed by atoms with Gasteiger partial charge in [0.05, 0.1) is 32.2 Å². The third-order valence-electron chi connectivity index (χ3n) is 6.39. The van der Waals surface area contributed by atoms with Gasteiger partial charge in [0.15, 0.2) is 22.1 Å². The van der Waals surface area contributed by atoms with Crippen LogP contribution in [0.1, 0.15) is 56.1 Å². The minimum absolute atomic E-state index is 0.0256. The Labute approximate surface area is 219 Å². The van der Waals surface area contributed by atoms with Gasteiger partial charge in [-0.1, -0.05) is 36.0 Å². The Morgan fingerprint density at radius 1 is 1.31 bits per heavy atom. The molecule has 0 bridgehead atoms. The Morgan fingerprint density at radius 2 is 2.14 bits per heavy atom. The van der Waals surface area contributed by atoms with Crippen molar-refractivity contribution < 1.29 is 31.3 Å².